The molecule has 1 aromatic rings. The highest BCUT2D eigenvalue weighted by atomic mass is 35.5. The molecule has 1 nitrogen and oxygen atoms in total. The summed E-state index contributed by atoms with van der Waals surface area (Å²) in [7, 11) is 0. The van der Waals surface area contributed by atoms with Gasteiger partial charge in [-0.2, -0.15) is 0 Å². The summed E-state index contributed by atoms with van der Waals surface area (Å²) in [6, 6.07) is 8.86. The third-order valence-electron chi connectivity index (χ3n) is 2.43. The third-order valence-corrected chi connectivity index (χ3v) is 2.43. The molecule has 1 aromatic carbocycles. The standard InChI is InChI=1S/C11H15N.ClH/c12-7-6-9-2-1-3-11(8-9)10-4-5-10;/h1-3,8,10H,4-7,12H2;1H. The Morgan fingerprint density at radius 1 is 1.31 bits per heavy atom. The molecule has 0 atom stereocenters. The van der Waals surface area contributed by atoms with E-state index >= 15 is 0 Å². The molecule has 1 saturated carbocycles. The first-order chi connectivity index (χ1) is 5.90. The first-order valence-electron chi connectivity index (χ1n) is 4.69. The van der Waals surface area contributed by atoms with E-state index in [1.165, 1.54) is 24.0 Å². The topological polar surface area (TPSA) is 26.0 Å². The average molecular weight is 198 g/mol. The Morgan fingerprint density at radius 2 is 2.08 bits per heavy atom. The molecule has 1 aliphatic rings. The van der Waals surface area contributed by atoms with Gasteiger partial charge >= 0.3 is 0 Å². The van der Waals surface area contributed by atoms with Crippen LogP contribution in [0.15, 0.2) is 24.3 Å². The van der Waals surface area contributed by atoms with Gasteiger partial charge in [0.1, 0.15) is 0 Å². The van der Waals surface area contributed by atoms with E-state index in [1.807, 2.05) is 0 Å². The van der Waals surface area contributed by atoms with Crippen molar-refractivity contribution in [1.29, 1.82) is 0 Å². The van der Waals surface area contributed by atoms with Crippen LogP contribution in [0, 0.1) is 0 Å². The predicted octanol–water partition coefficient (Wildman–Crippen LogP) is 2.49. The van der Waals surface area contributed by atoms with Crippen LogP contribution < -0.4 is 5.73 Å². The molecule has 0 heterocycles. The zero-order valence-corrected chi connectivity index (χ0v) is 8.52. The highest BCUT2D eigenvalue weighted by molar-refractivity contribution is 5.85. The zero-order valence-electron chi connectivity index (χ0n) is 7.70. The summed E-state index contributed by atoms with van der Waals surface area (Å²) in [5, 5.41) is 0. The van der Waals surface area contributed by atoms with Crippen LogP contribution in [-0.2, 0) is 6.42 Å². The van der Waals surface area contributed by atoms with Crippen LogP contribution in [0.4, 0.5) is 0 Å². The molecule has 0 bridgehead atoms. The summed E-state index contributed by atoms with van der Waals surface area (Å²) in [6.45, 7) is 0.758. The van der Waals surface area contributed by atoms with Crippen molar-refractivity contribution in [3.05, 3.63) is 35.4 Å². The van der Waals surface area contributed by atoms with Crippen molar-refractivity contribution in [3.63, 3.8) is 0 Å². The summed E-state index contributed by atoms with van der Waals surface area (Å²) >= 11 is 0. The molecule has 0 radical (unpaired) electrons. The lowest BCUT2D eigenvalue weighted by molar-refractivity contribution is 0.961. The van der Waals surface area contributed by atoms with Gasteiger partial charge < -0.3 is 5.73 Å². The maximum atomic E-state index is 5.50. The maximum Gasteiger partial charge on any atom is -0.00367 e. The molecule has 0 saturated heterocycles. The molecule has 0 amide bonds. The summed E-state index contributed by atoms with van der Waals surface area (Å²) in [6.07, 6.45) is 3.78. The van der Waals surface area contributed by atoms with Gasteiger partial charge in [-0.1, -0.05) is 24.3 Å². The second kappa shape index (κ2) is 4.64. The summed E-state index contributed by atoms with van der Waals surface area (Å²) < 4.78 is 0. The normalized spacial score (nSPS) is 15.2. The number of benzene rings is 1. The van der Waals surface area contributed by atoms with Crippen LogP contribution in [0.25, 0.3) is 0 Å². The molecule has 2 heteroatoms. The molecule has 0 aliphatic heterocycles. The molecule has 1 fully saturated rings. The van der Waals surface area contributed by atoms with E-state index in [9.17, 15) is 0 Å². The Hall–Kier alpha value is -0.530. The summed E-state index contributed by atoms with van der Waals surface area (Å²) in [5.41, 5.74) is 8.41. The monoisotopic (exact) mass is 197 g/mol. The van der Waals surface area contributed by atoms with Gasteiger partial charge in [0.2, 0.25) is 0 Å². The number of hydrogen-bond donors (Lipinski definition) is 1. The molecule has 1 aliphatic carbocycles. The van der Waals surface area contributed by atoms with Crippen LogP contribution >= 0.6 is 12.4 Å². The number of halogens is 1. The van der Waals surface area contributed by atoms with Gasteiger partial charge in [0.25, 0.3) is 0 Å². The smallest absolute Gasteiger partial charge is 0.00367 e. The lowest BCUT2D eigenvalue weighted by Gasteiger charge is -2.01. The Kier molecular flexibility index (Phi) is 3.76. The minimum atomic E-state index is 0. The number of nitrogens with two attached hydrogens (primary N) is 1. The van der Waals surface area contributed by atoms with Crippen molar-refractivity contribution < 1.29 is 0 Å². The number of hydrogen-bond acceptors (Lipinski definition) is 1. The molecular weight excluding hydrogens is 182 g/mol. The molecule has 0 aromatic heterocycles. The van der Waals surface area contributed by atoms with Crippen molar-refractivity contribution in [2.75, 3.05) is 6.54 Å². The first-order valence-corrected chi connectivity index (χ1v) is 4.69. The molecule has 72 valence electrons. The fourth-order valence-corrected chi connectivity index (χ4v) is 1.59. The first kappa shape index (κ1) is 10.6. The average Bonchev–Trinajstić information content (AvgIpc) is 2.88. The van der Waals surface area contributed by atoms with E-state index < -0.39 is 0 Å². The van der Waals surface area contributed by atoms with Gasteiger partial charge in [0.15, 0.2) is 0 Å². The second-order valence-electron chi connectivity index (χ2n) is 3.56. The minimum Gasteiger partial charge on any atom is -0.330 e. The van der Waals surface area contributed by atoms with Crippen LogP contribution in [0.1, 0.15) is 29.9 Å². The molecule has 0 unspecified atom stereocenters. The highest BCUT2D eigenvalue weighted by Gasteiger charge is 2.23. The lowest BCUT2D eigenvalue weighted by atomic mass is 10.1. The lowest BCUT2D eigenvalue weighted by Crippen LogP contribution is -2.02. The molecular formula is C11H16ClN. The second-order valence-corrected chi connectivity index (χ2v) is 3.56. The van der Waals surface area contributed by atoms with Gasteiger partial charge in [0.05, 0.1) is 0 Å². The predicted molar refractivity (Wildman–Crippen MR) is 58.4 cm³/mol. The molecule has 13 heavy (non-hydrogen) atoms. The summed E-state index contributed by atoms with van der Waals surface area (Å²) in [4.78, 5) is 0. The van der Waals surface area contributed by atoms with Gasteiger partial charge in [-0.25, -0.2) is 0 Å². The largest absolute Gasteiger partial charge is 0.330 e. The summed E-state index contributed by atoms with van der Waals surface area (Å²) in [5.74, 6) is 0.864. The fourth-order valence-electron chi connectivity index (χ4n) is 1.59. The Bertz CT molecular complexity index is 269. The van der Waals surface area contributed by atoms with Gasteiger partial charge in [-0.3, -0.25) is 0 Å². The Labute approximate surface area is 85.7 Å². The van der Waals surface area contributed by atoms with E-state index in [0.29, 0.717) is 0 Å². The van der Waals surface area contributed by atoms with Crippen molar-refractivity contribution in [3.8, 4) is 0 Å². The van der Waals surface area contributed by atoms with Crippen LogP contribution in [0.3, 0.4) is 0 Å². The van der Waals surface area contributed by atoms with Crippen molar-refractivity contribution >= 4 is 12.4 Å². The molecule has 2 rings (SSSR count). The quantitative estimate of drug-likeness (QED) is 0.792. The van der Waals surface area contributed by atoms with Crippen molar-refractivity contribution in [2.45, 2.75) is 25.2 Å². The van der Waals surface area contributed by atoms with Gasteiger partial charge in [-0.05, 0) is 42.9 Å². The van der Waals surface area contributed by atoms with Crippen LogP contribution in [0.2, 0.25) is 0 Å². The highest BCUT2D eigenvalue weighted by Crippen LogP contribution is 2.40. The van der Waals surface area contributed by atoms with E-state index in [4.69, 9.17) is 5.73 Å². The SMILES string of the molecule is Cl.NCCc1cccc(C2CC2)c1. The Balaban J connectivity index is 0.000000845. The van der Waals surface area contributed by atoms with Gasteiger partial charge in [0, 0.05) is 0 Å². The zero-order chi connectivity index (χ0) is 8.39. The molecule has 2 N–H and O–H groups in total. The Morgan fingerprint density at radius 3 is 2.69 bits per heavy atom. The fraction of sp³-hybridized carbons (Fsp3) is 0.455. The van der Waals surface area contributed by atoms with E-state index in [-0.39, 0.29) is 12.4 Å². The van der Waals surface area contributed by atoms with E-state index in [2.05, 4.69) is 24.3 Å². The van der Waals surface area contributed by atoms with Crippen LogP contribution in [-0.4, -0.2) is 6.54 Å². The minimum absolute atomic E-state index is 0. The third kappa shape index (κ3) is 2.71. The maximum absolute atomic E-state index is 5.50. The van der Waals surface area contributed by atoms with Crippen LogP contribution in [0.5, 0.6) is 0 Å². The number of rotatable bonds is 3. The van der Waals surface area contributed by atoms with Gasteiger partial charge in [-0.15, -0.1) is 12.4 Å². The van der Waals surface area contributed by atoms with E-state index in [0.717, 1.165) is 18.9 Å². The molecule has 0 spiro atoms. The van der Waals surface area contributed by atoms with Crippen molar-refractivity contribution in [2.24, 2.45) is 5.73 Å². The van der Waals surface area contributed by atoms with E-state index in [1.54, 1.807) is 0 Å². The van der Waals surface area contributed by atoms with Crippen molar-refractivity contribution in [1.82, 2.24) is 0 Å².